The fraction of sp³-hybridized carbons (Fsp3) is 0.625. The molecule has 2 rings (SSSR count). The molecule has 0 unspecified atom stereocenters. The number of ether oxygens (including phenoxy) is 1. The van der Waals surface area contributed by atoms with Crippen LogP contribution < -0.4 is 5.32 Å². The number of hydrogen-bond acceptors (Lipinski definition) is 4. The van der Waals surface area contributed by atoms with Gasteiger partial charge in [-0.3, -0.25) is 4.79 Å². The van der Waals surface area contributed by atoms with Crippen molar-refractivity contribution in [2.45, 2.75) is 46.3 Å². The maximum Gasteiger partial charge on any atom is 0.254 e. The molecule has 1 saturated heterocycles. The number of anilines is 1. The van der Waals surface area contributed by atoms with Crippen molar-refractivity contribution >= 4 is 11.7 Å². The molecule has 0 saturated carbocycles. The Morgan fingerprint density at radius 1 is 1.38 bits per heavy atom. The van der Waals surface area contributed by atoms with Gasteiger partial charge in [0.05, 0.1) is 12.2 Å². The van der Waals surface area contributed by atoms with E-state index in [9.17, 15) is 4.79 Å². The van der Waals surface area contributed by atoms with E-state index in [4.69, 9.17) is 4.74 Å². The summed E-state index contributed by atoms with van der Waals surface area (Å²) >= 11 is 0. The van der Waals surface area contributed by atoms with Crippen molar-refractivity contribution < 1.29 is 9.53 Å². The molecule has 0 radical (unpaired) electrons. The molecule has 5 nitrogen and oxygen atoms in total. The molecule has 0 spiro atoms. The molecule has 2 heterocycles. The smallest absolute Gasteiger partial charge is 0.254 e. The number of amides is 1. The van der Waals surface area contributed by atoms with Crippen LogP contribution in [0.4, 0.5) is 5.82 Å². The highest BCUT2D eigenvalue weighted by molar-refractivity contribution is 5.95. The van der Waals surface area contributed by atoms with Crippen molar-refractivity contribution in [1.29, 1.82) is 0 Å². The number of aromatic nitrogens is 1. The van der Waals surface area contributed by atoms with Crippen molar-refractivity contribution in [2.24, 2.45) is 0 Å². The Hall–Kier alpha value is -1.62. The average molecular weight is 291 g/mol. The number of morpholine rings is 1. The highest BCUT2D eigenvalue weighted by atomic mass is 16.5. The van der Waals surface area contributed by atoms with Crippen molar-refractivity contribution in [2.75, 3.05) is 25.0 Å². The first-order valence-corrected chi connectivity index (χ1v) is 7.67. The van der Waals surface area contributed by atoms with E-state index < -0.39 is 0 Å². The third-order valence-electron chi connectivity index (χ3n) is 3.46. The van der Waals surface area contributed by atoms with E-state index >= 15 is 0 Å². The molecular formula is C16H25N3O2. The van der Waals surface area contributed by atoms with Gasteiger partial charge < -0.3 is 15.0 Å². The van der Waals surface area contributed by atoms with Crippen LogP contribution in [0.5, 0.6) is 0 Å². The number of carbonyl (C=O) groups is 1. The minimum Gasteiger partial charge on any atom is -0.372 e. The van der Waals surface area contributed by atoms with Gasteiger partial charge in [-0.1, -0.05) is 6.92 Å². The Kier molecular flexibility index (Phi) is 5.17. The van der Waals surface area contributed by atoms with E-state index in [1.165, 1.54) is 0 Å². The molecular weight excluding hydrogens is 266 g/mol. The van der Waals surface area contributed by atoms with Gasteiger partial charge in [0.25, 0.3) is 5.91 Å². The fourth-order valence-corrected chi connectivity index (χ4v) is 2.66. The Morgan fingerprint density at radius 2 is 2.05 bits per heavy atom. The monoisotopic (exact) mass is 291 g/mol. The van der Waals surface area contributed by atoms with Gasteiger partial charge in [-0.25, -0.2) is 4.98 Å². The first-order valence-electron chi connectivity index (χ1n) is 7.67. The molecule has 5 heteroatoms. The molecule has 1 N–H and O–H groups in total. The van der Waals surface area contributed by atoms with E-state index in [0.717, 1.165) is 24.5 Å². The highest BCUT2D eigenvalue weighted by Crippen LogP contribution is 2.17. The second kappa shape index (κ2) is 6.89. The van der Waals surface area contributed by atoms with Crippen LogP contribution in [0.2, 0.25) is 0 Å². The summed E-state index contributed by atoms with van der Waals surface area (Å²) in [6.07, 6.45) is 1.19. The third-order valence-corrected chi connectivity index (χ3v) is 3.46. The standard InChI is InChI=1S/C16H25N3O2/c1-5-6-17-15-8-14(7-11(2)18-15)16(20)19-9-12(3)21-13(4)10-19/h7-8,12-13H,5-6,9-10H2,1-4H3,(H,17,18)/t12-,13+. The molecule has 1 aromatic heterocycles. The molecule has 0 bridgehead atoms. The molecule has 2 atom stereocenters. The van der Waals surface area contributed by atoms with Crippen molar-refractivity contribution in [1.82, 2.24) is 9.88 Å². The maximum absolute atomic E-state index is 12.7. The second-order valence-corrected chi connectivity index (χ2v) is 5.78. The lowest BCUT2D eigenvalue weighted by atomic mass is 10.1. The first-order chi connectivity index (χ1) is 9.99. The van der Waals surface area contributed by atoms with Gasteiger partial charge in [0.2, 0.25) is 0 Å². The normalized spacial score (nSPS) is 22.2. The van der Waals surface area contributed by atoms with E-state index in [1.54, 1.807) is 0 Å². The van der Waals surface area contributed by atoms with E-state index in [-0.39, 0.29) is 18.1 Å². The summed E-state index contributed by atoms with van der Waals surface area (Å²) in [7, 11) is 0. The molecule has 116 valence electrons. The van der Waals surface area contributed by atoms with Crippen LogP contribution in [0.25, 0.3) is 0 Å². The van der Waals surface area contributed by atoms with Crippen LogP contribution in [0.3, 0.4) is 0 Å². The molecule has 1 aromatic rings. The second-order valence-electron chi connectivity index (χ2n) is 5.78. The fourth-order valence-electron chi connectivity index (χ4n) is 2.66. The minimum absolute atomic E-state index is 0.0575. The molecule has 1 fully saturated rings. The predicted octanol–water partition coefficient (Wildman–Crippen LogP) is 2.46. The predicted molar refractivity (Wildman–Crippen MR) is 83.7 cm³/mol. The number of aryl methyl sites for hydroxylation is 1. The number of rotatable bonds is 4. The molecule has 1 amide bonds. The maximum atomic E-state index is 12.7. The van der Waals surface area contributed by atoms with Crippen LogP contribution in [0, 0.1) is 6.92 Å². The largest absolute Gasteiger partial charge is 0.372 e. The summed E-state index contributed by atoms with van der Waals surface area (Å²) in [4.78, 5) is 19.0. The van der Waals surface area contributed by atoms with Gasteiger partial charge in [-0.2, -0.15) is 0 Å². The summed E-state index contributed by atoms with van der Waals surface area (Å²) in [6.45, 7) is 10.2. The van der Waals surface area contributed by atoms with Gasteiger partial charge in [0, 0.05) is 30.9 Å². The van der Waals surface area contributed by atoms with E-state index in [1.807, 2.05) is 37.8 Å². The van der Waals surface area contributed by atoms with E-state index in [0.29, 0.717) is 18.7 Å². The van der Waals surface area contributed by atoms with Gasteiger partial charge in [0.1, 0.15) is 5.82 Å². The van der Waals surface area contributed by atoms with Crippen LogP contribution in [0.15, 0.2) is 12.1 Å². The average Bonchev–Trinajstić information content (AvgIpc) is 2.42. The Balaban J connectivity index is 2.16. The third kappa shape index (κ3) is 4.17. The summed E-state index contributed by atoms with van der Waals surface area (Å²) in [6, 6.07) is 3.69. The van der Waals surface area contributed by atoms with Gasteiger partial charge in [-0.05, 0) is 39.3 Å². The molecule has 21 heavy (non-hydrogen) atoms. The zero-order chi connectivity index (χ0) is 15.4. The van der Waals surface area contributed by atoms with Crippen LogP contribution in [-0.4, -0.2) is 47.6 Å². The van der Waals surface area contributed by atoms with Crippen molar-refractivity contribution in [3.8, 4) is 0 Å². The lowest BCUT2D eigenvalue weighted by molar-refractivity contribution is -0.0586. The topological polar surface area (TPSA) is 54.5 Å². The van der Waals surface area contributed by atoms with E-state index in [2.05, 4.69) is 17.2 Å². The number of pyridine rings is 1. The zero-order valence-corrected chi connectivity index (χ0v) is 13.3. The highest BCUT2D eigenvalue weighted by Gasteiger charge is 2.26. The van der Waals surface area contributed by atoms with Crippen LogP contribution in [0.1, 0.15) is 43.2 Å². The molecule has 0 aliphatic carbocycles. The molecule has 0 aromatic carbocycles. The van der Waals surface area contributed by atoms with Gasteiger partial charge in [-0.15, -0.1) is 0 Å². The lowest BCUT2D eigenvalue weighted by Crippen LogP contribution is -2.48. The Labute approximate surface area is 126 Å². The van der Waals surface area contributed by atoms with Crippen LogP contribution >= 0.6 is 0 Å². The number of carbonyl (C=O) groups excluding carboxylic acids is 1. The van der Waals surface area contributed by atoms with Gasteiger partial charge in [0.15, 0.2) is 0 Å². The van der Waals surface area contributed by atoms with Crippen molar-refractivity contribution in [3.05, 3.63) is 23.4 Å². The lowest BCUT2D eigenvalue weighted by Gasteiger charge is -2.35. The summed E-state index contributed by atoms with van der Waals surface area (Å²) in [5, 5.41) is 3.24. The van der Waals surface area contributed by atoms with Crippen molar-refractivity contribution in [3.63, 3.8) is 0 Å². The number of nitrogens with zero attached hydrogens (tertiary/aromatic N) is 2. The SMILES string of the molecule is CCCNc1cc(C(=O)N2C[C@@H](C)O[C@@H](C)C2)cc(C)n1. The quantitative estimate of drug-likeness (QED) is 0.926. The summed E-state index contributed by atoms with van der Waals surface area (Å²) in [5.74, 6) is 0.830. The zero-order valence-electron chi connectivity index (χ0n) is 13.3. The summed E-state index contributed by atoms with van der Waals surface area (Å²) < 4.78 is 5.68. The summed E-state index contributed by atoms with van der Waals surface area (Å²) in [5.41, 5.74) is 1.55. The molecule has 1 aliphatic rings. The minimum atomic E-state index is 0.0575. The number of hydrogen-bond donors (Lipinski definition) is 1. The Morgan fingerprint density at radius 3 is 2.67 bits per heavy atom. The van der Waals surface area contributed by atoms with Crippen LogP contribution in [-0.2, 0) is 4.74 Å². The number of nitrogens with one attached hydrogen (secondary N) is 1. The Bertz CT molecular complexity index is 494. The molecule has 1 aliphatic heterocycles. The first kappa shape index (κ1) is 15.8. The van der Waals surface area contributed by atoms with Gasteiger partial charge >= 0.3 is 0 Å².